The van der Waals surface area contributed by atoms with Gasteiger partial charge in [0.1, 0.15) is 0 Å². The third kappa shape index (κ3) is 5.18. The van der Waals surface area contributed by atoms with Crippen LogP contribution in [0.1, 0.15) is 44.4 Å². The number of nitrogens with zero attached hydrogens (tertiary/aromatic N) is 3. The summed E-state index contributed by atoms with van der Waals surface area (Å²) < 4.78 is 0. The van der Waals surface area contributed by atoms with Crippen LogP contribution in [0.15, 0.2) is 53.9 Å². The molecule has 2 aromatic carbocycles. The van der Waals surface area contributed by atoms with Crippen molar-refractivity contribution in [2.24, 2.45) is 0 Å². The van der Waals surface area contributed by atoms with Gasteiger partial charge in [0.05, 0.1) is 16.6 Å². The molecule has 2 aliphatic heterocycles. The molecule has 3 heterocycles. The predicted octanol–water partition coefficient (Wildman–Crippen LogP) is 5.69. The van der Waals surface area contributed by atoms with Gasteiger partial charge in [0.2, 0.25) is 5.91 Å². The van der Waals surface area contributed by atoms with Crippen LogP contribution in [0.5, 0.6) is 0 Å². The highest BCUT2D eigenvalue weighted by molar-refractivity contribution is 7.10. The minimum absolute atomic E-state index is 0.121. The van der Waals surface area contributed by atoms with Gasteiger partial charge in [-0.2, -0.15) is 0 Å². The fourth-order valence-corrected chi connectivity index (χ4v) is 6.65. The van der Waals surface area contributed by atoms with Gasteiger partial charge in [0, 0.05) is 55.6 Å². The maximum absolute atomic E-state index is 13.1. The summed E-state index contributed by atoms with van der Waals surface area (Å²) in [4.78, 5) is 33.6. The molecule has 0 aliphatic carbocycles. The molecule has 1 aromatic heterocycles. The largest absolute Gasteiger partial charge is 0.339 e. The van der Waals surface area contributed by atoms with Crippen molar-refractivity contribution in [2.75, 3.05) is 39.3 Å². The van der Waals surface area contributed by atoms with E-state index in [4.69, 9.17) is 23.2 Å². The summed E-state index contributed by atoms with van der Waals surface area (Å²) in [5, 5.41) is 3.04. The van der Waals surface area contributed by atoms with Crippen molar-refractivity contribution in [1.82, 2.24) is 14.7 Å². The lowest BCUT2D eigenvalue weighted by Gasteiger charge is -2.38. The molecule has 2 amide bonds. The van der Waals surface area contributed by atoms with E-state index in [1.165, 1.54) is 21.6 Å². The molecule has 0 spiro atoms. The van der Waals surface area contributed by atoms with Gasteiger partial charge in [-0.05, 0) is 59.7 Å². The van der Waals surface area contributed by atoms with E-state index in [0.717, 1.165) is 13.0 Å². The van der Waals surface area contributed by atoms with Crippen molar-refractivity contribution < 1.29 is 9.59 Å². The van der Waals surface area contributed by atoms with E-state index in [-0.39, 0.29) is 17.9 Å². The van der Waals surface area contributed by atoms with Crippen molar-refractivity contribution >= 4 is 46.4 Å². The number of fused-ring (bicyclic) bond motifs is 1. The lowest BCUT2D eigenvalue weighted by atomic mass is 9.90. The molecule has 8 heteroatoms. The Kier molecular flexibility index (Phi) is 7.68. The molecule has 0 saturated carbocycles. The van der Waals surface area contributed by atoms with Gasteiger partial charge in [-0.15, -0.1) is 11.3 Å². The van der Waals surface area contributed by atoms with E-state index in [1.807, 2.05) is 16.2 Å². The third-order valence-electron chi connectivity index (χ3n) is 7.24. The fourth-order valence-electron chi connectivity index (χ4n) is 5.26. The highest BCUT2D eigenvalue weighted by Gasteiger charge is 2.32. The average Bonchev–Trinajstić information content (AvgIpc) is 3.36. The molecule has 1 fully saturated rings. The summed E-state index contributed by atoms with van der Waals surface area (Å²) in [6, 6.07) is 15.9. The van der Waals surface area contributed by atoms with Gasteiger partial charge in [-0.3, -0.25) is 14.5 Å². The van der Waals surface area contributed by atoms with Crippen LogP contribution in [0, 0.1) is 6.92 Å². The van der Waals surface area contributed by atoms with E-state index < -0.39 is 0 Å². The molecule has 1 unspecified atom stereocenters. The van der Waals surface area contributed by atoms with Gasteiger partial charge in [-0.1, -0.05) is 47.5 Å². The van der Waals surface area contributed by atoms with Gasteiger partial charge in [0.15, 0.2) is 0 Å². The molecule has 0 bridgehead atoms. The molecule has 1 atom stereocenters. The third-order valence-corrected chi connectivity index (χ3v) is 8.79. The molecule has 3 aromatic rings. The summed E-state index contributed by atoms with van der Waals surface area (Å²) in [6.07, 6.45) is 1.50. The Morgan fingerprint density at radius 1 is 0.944 bits per heavy atom. The molecule has 0 N–H and O–H groups in total. The standard InChI is InChI=1S/C28H29Cl2N3O2S/c1-19-4-2-3-5-21(19)27-23-10-17-36-25(23)8-11-32(27)12-9-26(34)31-13-15-33(16-14-31)28(35)22-7-6-20(29)18-24(22)30/h2-7,10,17-18,27H,8-9,11-16H2,1H3. The van der Waals surface area contributed by atoms with Crippen molar-refractivity contribution in [1.29, 1.82) is 0 Å². The van der Waals surface area contributed by atoms with Gasteiger partial charge in [-0.25, -0.2) is 0 Å². The van der Waals surface area contributed by atoms with Crippen LogP contribution in [0.3, 0.4) is 0 Å². The second-order valence-corrected chi connectivity index (χ2v) is 11.2. The Bertz CT molecular complexity index is 1270. The van der Waals surface area contributed by atoms with Crippen LogP contribution in [-0.2, 0) is 11.2 Å². The van der Waals surface area contributed by atoms with Gasteiger partial charge >= 0.3 is 0 Å². The minimum Gasteiger partial charge on any atom is -0.339 e. The average molecular weight is 543 g/mol. The monoisotopic (exact) mass is 541 g/mol. The number of carbonyl (C=O) groups excluding carboxylic acids is 2. The zero-order valence-electron chi connectivity index (χ0n) is 20.3. The van der Waals surface area contributed by atoms with Crippen molar-refractivity contribution in [3.63, 3.8) is 0 Å². The zero-order valence-corrected chi connectivity index (χ0v) is 22.6. The number of amides is 2. The number of rotatable bonds is 5. The second kappa shape index (κ2) is 10.9. The first kappa shape index (κ1) is 25.3. The summed E-state index contributed by atoms with van der Waals surface area (Å²) in [5.74, 6) is 0.0241. The maximum atomic E-state index is 13.1. The molecule has 0 radical (unpaired) electrons. The number of hydrogen-bond donors (Lipinski definition) is 0. The minimum atomic E-state index is -0.121. The maximum Gasteiger partial charge on any atom is 0.255 e. The Balaban J connectivity index is 1.20. The number of thiophene rings is 1. The quantitative estimate of drug-likeness (QED) is 0.417. The van der Waals surface area contributed by atoms with Crippen LogP contribution in [0.25, 0.3) is 0 Å². The first-order valence-corrected chi connectivity index (χ1v) is 13.9. The summed E-state index contributed by atoms with van der Waals surface area (Å²) >= 11 is 14.0. The molecule has 36 heavy (non-hydrogen) atoms. The Morgan fingerprint density at radius 2 is 1.69 bits per heavy atom. The van der Waals surface area contributed by atoms with Crippen LogP contribution in [0.2, 0.25) is 10.0 Å². The second-order valence-electron chi connectivity index (χ2n) is 9.39. The van der Waals surface area contributed by atoms with E-state index in [1.54, 1.807) is 23.1 Å². The van der Waals surface area contributed by atoms with Crippen LogP contribution < -0.4 is 0 Å². The van der Waals surface area contributed by atoms with E-state index in [0.29, 0.717) is 54.8 Å². The van der Waals surface area contributed by atoms with Crippen molar-refractivity contribution in [3.8, 4) is 0 Å². The summed E-state index contributed by atoms with van der Waals surface area (Å²) in [7, 11) is 0. The van der Waals surface area contributed by atoms with E-state index in [9.17, 15) is 9.59 Å². The number of hydrogen-bond acceptors (Lipinski definition) is 4. The number of carbonyl (C=O) groups is 2. The summed E-state index contributed by atoms with van der Waals surface area (Å²) in [6.45, 7) is 5.89. The molecule has 1 saturated heterocycles. The molecule has 188 valence electrons. The molecule has 5 rings (SSSR count). The molecular formula is C28H29Cl2N3O2S. The number of benzene rings is 2. The normalized spacial score (nSPS) is 18.2. The highest BCUT2D eigenvalue weighted by Crippen LogP contribution is 2.38. The highest BCUT2D eigenvalue weighted by atomic mass is 35.5. The van der Waals surface area contributed by atoms with Crippen LogP contribution in [0.4, 0.5) is 0 Å². The summed E-state index contributed by atoms with van der Waals surface area (Å²) in [5.41, 5.74) is 4.42. The molecule has 5 nitrogen and oxygen atoms in total. The first-order valence-electron chi connectivity index (χ1n) is 12.3. The number of piperazine rings is 1. The fraction of sp³-hybridized carbons (Fsp3) is 0.357. The van der Waals surface area contributed by atoms with Gasteiger partial charge < -0.3 is 9.80 Å². The topological polar surface area (TPSA) is 43.9 Å². The van der Waals surface area contributed by atoms with E-state index >= 15 is 0 Å². The Labute approximate surface area is 226 Å². The predicted molar refractivity (Wildman–Crippen MR) is 146 cm³/mol. The lowest BCUT2D eigenvalue weighted by molar-refractivity contribution is -0.133. The van der Waals surface area contributed by atoms with Crippen LogP contribution in [-0.4, -0.2) is 65.8 Å². The number of halogens is 2. The first-order chi connectivity index (χ1) is 17.4. The Morgan fingerprint density at radius 3 is 2.44 bits per heavy atom. The van der Waals surface area contributed by atoms with Gasteiger partial charge in [0.25, 0.3) is 5.91 Å². The lowest BCUT2D eigenvalue weighted by Crippen LogP contribution is -2.51. The van der Waals surface area contributed by atoms with Crippen molar-refractivity contribution in [3.05, 3.63) is 91.1 Å². The Hall–Kier alpha value is -2.38. The zero-order chi connectivity index (χ0) is 25.2. The van der Waals surface area contributed by atoms with Crippen molar-refractivity contribution in [2.45, 2.75) is 25.8 Å². The SMILES string of the molecule is Cc1ccccc1C1c2ccsc2CCN1CCC(=O)N1CCN(C(=O)c2ccc(Cl)cc2Cl)CC1. The molecule has 2 aliphatic rings. The van der Waals surface area contributed by atoms with E-state index in [2.05, 4.69) is 47.5 Å². The van der Waals surface area contributed by atoms with Crippen LogP contribution >= 0.6 is 34.5 Å². The smallest absolute Gasteiger partial charge is 0.255 e. The number of aryl methyl sites for hydroxylation is 1. The molecular weight excluding hydrogens is 513 g/mol.